The quantitative estimate of drug-likeness (QED) is 0.315. The van der Waals surface area contributed by atoms with Gasteiger partial charge in [-0.15, -0.1) is 0 Å². The Morgan fingerprint density at radius 2 is 1.71 bits per heavy atom. The fourth-order valence-electron chi connectivity index (χ4n) is 4.00. The van der Waals surface area contributed by atoms with Gasteiger partial charge in [-0.05, 0) is 87.4 Å². The number of hydrogen-bond donors (Lipinski definition) is 1. The predicted molar refractivity (Wildman–Crippen MR) is 149 cm³/mol. The number of carbonyl (C=O) groups excluding carboxylic acids is 1. The van der Waals surface area contributed by atoms with E-state index < -0.39 is 22.5 Å². The third kappa shape index (κ3) is 6.00. The van der Waals surface area contributed by atoms with Crippen molar-refractivity contribution in [1.29, 1.82) is 0 Å². The average molecular weight is 531 g/mol. The van der Waals surface area contributed by atoms with Crippen molar-refractivity contribution in [3.05, 3.63) is 95.9 Å². The number of benzene rings is 3. The lowest BCUT2D eigenvalue weighted by atomic mass is 10.1. The number of carbonyl (C=O) groups is 1. The van der Waals surface area contributed by atoms with E-state index in [1.165, 1.54) is 6.07 Å². The summed E-state index contributed by atoms with van der Waals surface area (Å²) in [5, 5.41) is 2.80. The molecule has 0 radical (unpaired) electrons. The molecule has 196 valence electrons. The van der Waals surface area contributed by atoms with Crippen LogP contribution in [0.25, 0.3) is 11.3 Å². The van der Waals surface area contributed by atoms with Gasteiger partial charge in [-0.25, -0.2) is 18.4 Å². The molecule has 8 nitrogen and oxygen atoms in total. The molecule has 1 amide bonds. The summed E-state index contributed by atoms with van der Waals surface area (Å²) in [4.78, 5) is 21.7. The summed E-state index contributed by atoms with van der Waals surface area (Å²) >= 11 is 0. The zero-order valence-electron chi connectivity index (χ0n) is 21.8. The topological polar surface area (TPSA) is 101 Å². The molecule has 4 aromatic rings. The smallest absolute Gasteiger partial charge is 0.264 e. The molecule has 4 rings (SSSR count). The molecular formula is C29H30N4O4S. The van der Waals surface area contributed by atoms with Crippen molar-refractivity contribution >= 4 is 27.3 Å². The summed E-state index contributed by atoms with van der Waals surface area (Å²) in [5.74, 6) is 0.795. The highest BCUT2D eigenvalue weighted by Gasteiger charge is 2.29. The molecule has 1 heterocycles. The summed E-state index contributed by atoms with van der Waals surface area (Å²) in [6.07, 6.45) is 1.63. The lowest BCUT2D eigenvalue weighted by Gasteiger charge is -2.26. The van der Waals surface area contributed by atoms with E-state index in [4.69, 9.17) is 4.74 Å². The van der Waals surface area contributed by atoms with Gasteiger partial charge in [0.05, 0.1) is 22.9 Å². The van der Waals surface area contributed by atoms with Crippen molar-refractivity contribution in [2.24, 2.45) is 0 Å². The molecule has 0 aliphatic rings. The maximum Gasteiger partial charge on any atom is 0.264 e. The van der Waals surface area contributed by atoms with Crippen LogP contribution in [0.4, 0.5) is 11.4 Å². The first kappa shape index (κ1) is 26.8. The maximum atomic E-state index is 14.0. The van der Waals surface area contributed by atoms with E-state index in [9.17, 15) is 13.2 Å². The van der Waals surface area contributed by atoms with Crippen LogP contribution in [0.3, 0.4) is 0 Å². The Morgan fingerprint density at radius 1 is 0.974 bits per heavy atom. The first-order valence-electron chi connectivity index (χ1n) is 12.2. The highest BCUT2D eigenvalue weighted by molar-refractivity contribution is 7.92. The molecule has 0 spiro atoms. The van der Waals surface area contributed by atoms with Crippen molar-refractivity contribution in [2.45, 2.75) is 32.6 Å². The van der Waals surface area contributed by atoms with Crippen molar-refractivity contribution < 1.29 is 17.9 Å². The van der Waals surface area contributed by atoms with Crippen molar-refractivity contribution in [3.8, 4) is 17.0 Å². The number of anilines is 2. The normalized spacial score (nSPS) is 11.2. The molecule has 0 atom stereocenters. The Balaban J connectivity index is 1.70. The van der Waals surface area contributed by atoms with Gasteiger partial charge in [0.1, 0.15) is 18.1 Å². The van der Waals surface area contributed by atoms with Crippen LogP contribution >= 0.6 is 0 Å². The van der Waals surface area contributed by atoms with Crippen LogP contribution in [0.2, 0.25) is 0 Å². The third-order valence-electron chi connectivity index (χ3n) is 6.07. The van der Waals surface area contributed by atoms with Crippen molar-refractivity contribution in [1.82, 2.24) is 9.97 Å². The van der Waals surface area contributed by atoms with Gasteiger partial charge in [0, 0.05) is 17.4 Å². The zero-order valence-corrected chi connectivity index (χ0v) is 22.6. The van der Waals surface area contributed by atoms with Gasteiger partial charge >= 0.3 is 0 Å². The van der Waals surface area contributed by atoms with Crippen LogP contribution in [-0.2, 0) is 14.8 Å². The molecule has 0 aliphatic carbocycles. The maximum absolute atomic E-state index is 14.0. The molecule has 0 unspecified atom stereocenters. The Labute approximate surface area is 223 Å². The van der Waals surface area contributed by atoms with E-state index in [0.717, 1.165) is 15.4 Å². The van der Waals surface area contributed by atoms with E-state index in [0.29, 0.717) is 40.8 Å². The Kier molecular flexibility index (Phi) is 8.07. The minimum absolute atomic E-state index is 0.0565. The number of rotatable bonds is 9. The van der Waals surface area contributed by atoms with E-state index in [2.05, 4.69) is 15.3 Å². The molecular weight excluding hydrogens is 500 g/mol. The molecule has 1 aromatic heterocycles. The van der Waals surface area contributed by atoms with Crippen molar-refractivity contribution in [3.63, 3.8) is 0 Å². The second-order valence-corrected chi connectivity index (χ2v) is 10.6. The SMILES string of the molecule is CCOc1ccc(NC(=O)CN(c2cccc(C)c2C)S(=O)(=O)c2cccc(-c3ccnc(C)n3)c2)cc1. The summed E-state index contributed by atoms with van der Waals surface area (Å²) in [6, 6.07) is 20.6. The number of nitrogens with zero attached hydrogens (tertiary/aromatic N) is 3. The first-order chi connectivity index (χ1) is 18.2. The summed E-state index contributed by atoms with van der Waals surface area (Å²) < 4.78 is 34.7. The molecule has 0 saturated heterocycles. The molecule has 0 bridgehead atoms. The van der Waals surface area contributed by atoms with Gasteiger partial charge in [0.2, 0.25) is 5.91 Å². The Bertz CT molecular complexity index is 1550. The van der Waals surface area contributed by atoms with Gasteiger partial charge in [-0.1, -0.05) is 24.3 Å². The first-order valence-corrected chi connectivity index (χ1v) is 13.6. The number of sulfonamides is 1. The lowest BCUT2D eigenvalue weighted by Crippen LogP contribution is -2.38. The molecule has 0 aliphatic heterocycles. The van der Waals surface area contributed by atoms with Crippen LogP contribution in [0.15, 0.2) is 83.9 Å². The Hall–Kier alpha value is -4.24. The van der Waals surface area contributed by atoms with Gasteiger partial charge in [0.15, 0.2) is 0 Å². The average Bonchev–Trinajstić information content (AvgIpc) is 2.90. The van der Waals surface area contributed by atoms with E-state index in [1.54, 1.807) is 73.8 Å². The number of amides is 1. The van der Waals surface area contributed by atoms with Crippen LogP contribution in [0.5, 0.6) is 5.75 Å². The second-order valence-electron chi connectivity index (χ2n) is 8.75. The number of ether oxygens (including phenoxy) is 1. The molecule has 9 heteroatoms. The standard InChI is InChI=1S/C29H30N4O4S/c1-5-37-25-14-12-24(13-15-25)32-29(34)19-33(28-11-6-8-20(2)21(28)3)38(35,36)26-10-7-9-23(18-26)27-16-17-30-22(4)31-27/h6-18H,5,19H2,1-4H3,(H,32,34). The lowest BCUT2D eigenvalue weighted by molar-refractivity contribution is -0.114. The monoisotopic (exact) mass is 530 g/mol. The summed E-state index contributed by atoms with van der Waals surface area (Å²) in [5.41, 5.74) is 3.91. The number of aryl methyl sites for hydroxylation is 2. The second kappa shape index (κ2) is 11.4. The van der Waals surface area contributed by atoms with E-state index in [1.807, 2.05) is 26.8 Å². The molecule has 0 fully saturated rings. The number of hydrogen-bond acceptors (Lipinski definition) is 6. The molecule has 38 heavy (non-hydrogen) atoms. The highest BCUT2D eigenvalue weighted by Crippen LogP contribution is 2.30. The zero-order chi connectivity index (χ0) is 27.3. The summed E-state index contributed by atoms with van der Waals surface area (Å²) in [6.45, 7) is 7.54. The van der Waals surface area contributed by atoms with Crippen LogP contribution in [0, 0.1) is 20.8 Å². The minimum atomic E-state index is -4.13. The van der Waals surface area contributed by atoms with E-state index >= 15 is 0 Å². The van der Waals surface area contributed by atoms with Crippen LogP contribution < -0.4 is 14.4 Å². The van der Waals surface area contributed by atoms with Gasteiger partial charge < -0.3 is 10.1 Å². The number of aromatic nitrogens is 2. The van der Waals surface area contributed by atoms with Crippen molar-refractivity contribution in [2.75, 3.05) is 22.8 Å². The van der Waals surface area contributed by atoms with Gasteiger partial charge in [-0.2, -0.15) is 0 Å². The van der Waals surface area contributed by atoms with Crippen LogP contribution in [0.1, 0.15) is 23.9 Å². The fraction of sp³-hybridized carbons (Fsp3) is 0.207. The minimum Gasteiger partial charge on any atom is -0.494 e. The van der Waals surface area contributed by atoms with Gasteiger partial charge in [-0.3, -0.25) is 9.10 Å². The number of nitrogens with one attached hydrogen (secondary N) is 1. The highest BCUT2D eigenvalue weighted by atomic mass is 32.2. The molecule has 0 saturated carbocycles. The molecule has 1 N–H and O–H groups in total. The largest absolute Gasteiger partial charge is 0.494 e. The summed E-state index contributed by atoms with van der Waals surface area (Å²) in [7, 11) is -4.13. The fourth-order valence-corrected chi connectivity index (χ4v) is 5.52. The predicted octanol–water partition coefficient (Wildman–Crippen LogP) is 5.30. The van der Waals surface area contributed by atoms with E-state index in [-0.39, 0.29) is 4.90 Å². The van der Waals surface area contributed by atoms with Gasteiger partial charge in [0.25, 0.3) is 10.0 Å². The van der Waals surface area contributed by atoms with Crippen LogP contribution in [-0.4, -0.2) is 37.4 Å². The molecule has 3 aromatic carbocycles. The third-order valence-corrected chi connectivity index (χ3v) is 7.83. The Morgan fingerprint density at radius 3 is 2.42 bits per heavy atom.